The van der Waals surface area contributed by atoms with Crippen LogP contribution in [0.5, 0.6) is 0 Å². The summed E-state index contributed by atoms with van der Waals surface area (Å²) in [7, 11) is 1.72. The van der Waals surface area contributed by atoms with E-state index in [1.807, 2.05) is 31.2 Å². The Bertz CT molecular complexity index is 632. The summed E-state index contributed by atoms with van der Waals surface area (Å²) >= 11 is 0. The number of amides is 2. The molecule has 0 saturated heterocycles. The van der Waals surface area contributed by atoms with Gasteiger partial charge in [-0.2, -0.15) is 0 Å². The molecule has 5 nitrogen and oxygen atoms in total. The number of aryl methyl sites for hydroxylation is 1. The minimum atomic E-state index is -0.618. The zero-order valence-corrected chi connectivity index (χ0v) is 13.0. The number of furan rings is 1. The summed E-state index contributed by atoms with van der Waals surface area (Å²) in [4.78, 5) is 25.8. The van der Waals surface area contributed by atoms with E-state index in [0.29, 0.717) is 6.54 Å². The number of rotatable bonds is 5. The maximum absolute atomic E-state index is 12.3. The van der Waals surface area contributed by atoms with Crippen molar-refractivity contribution in [3.8, 4) is 0 Å². The molecule has 0 bridgehead atoms. The largest absolute Gasteiger partial charge is 0.459 e. The summed E-state index contributed by atoms with van der Waals surface area (Å²) in [6.07, 6.45) is 1.42. The van der Waals surface area contributed by atoms with Crippen LogP contribution in [0.1, 0.15) is 28.6 Å². The molecule has 1 atom stereocenters. The minimum Gasteiger partial charge on any atom is -0.459 e. The monoisotopic (exact) mass is 300 g/mol. The van der Waals surface area contributed by atoms with E-state index in [1.165, 1.54) is 11.8 Å². The standard InChI is InChI=1S/C17H20N2O3/c1-12-6-8-14(9-7-12)11-19(3)17(21)13(2)18-16(20)15-5-4-10-22-15/h4-10,13H,11H2,1-3H3,(H,18,20). The highest BCUT2D eigenvalue weighted by molar-refractivity contribution is 5.95. The zero-order valence-electron chi connectivity index (χ0n) is 13.0. The molecule has 2 rings (SSSR count). The fraction of sp³-hybridized carbons (Fsp3) is 0.294. The van der Waals surface area contributed by atoms with Gasteiger partial charge in [0.25, 0.3) is 5.91 Å². The summed E-state index contributed by atoms with van der Waals surface area (Å²) in [5, 5.41) is 2.63. The van der Waals surface area contributed by atoms with Crippen molar-refractivity contribution >= 4 is 11.8 Å². The number of hydrogen-bond donors (Lipinski definition) is 1. The molecule has 5 heteroatoms. The van der Waals surface area contributed by atoms with E-state index in [1.54, 1.807) is 31.0 Å². The average Bonchev–Trinajstić information content (AvgIpc) is 3.03. The van der Waals surface area contributed by atoms with Gasteiger partial charge >= 0.3 is 0 Å². The number of nitrogens with one attached hydrogen (secondary N) is 1. The maximum atomic E-state index is 12.3. The quantitative estimate of drug-likeness (QED) is 0.922. The van der Waals surface area contributed by atoms with Crippen LogP contribution in [-0.2, 0) is 11.3 Å². The number of carbonyl (C=O) groups excluding carboxylic acids is 2. The van der Waals surface area contributed by atoms with Gasteiger partial charge in [-0.3, -0.25) is 9.59 Å². The van der Waals surface area contributed by atoms with Crippen LogP contribution in [0.4, 0.5) is 0 Å². The Hall–Kier alpha value is -2.56. The van der Waals surface area contributed by atoms with Gasteiger partial charge in [-0.15, -0.1) is 0 Å². The molecule has 1 heterocycles. The van der Waals surface area contributed by atoms with E-state index in [2.05, 4.69) is 5.32 Å². The van der Waals surface area contributed by atoms with Gasteiger partial charge in [-0.05, 0) is 31.5 Å². The first-order valence-electron chi connectivity index (χ1n) is 7.12. The van der Waals surface area contributed by atoms with Crippen LogP contribution >= 0.6 is 0 Å². The van der Waals surface area contributed by atoms with E-state index in [4.69, 9.17) is 4.42 Å². The van der Waals surface area contributed by atoms with Crippen LogP contribution in [0.2, 0.25) is 0 Å². The summed E-state index contributed by atoms with van der Waals surface area (Å²) in [6, 6.07) is 10.6. The number of nitrogens with zero attached hydrogens (tertiary/aromatic N) is 1. The molecule has 1 unspecified atom stereocenters. The molecule has 22 heavy (non-hydrogen) atoms. The fourth-order valence-electron chi connectivity index (χ4n) is 2.11. The molecular weight excluding hydrogens is 280 g/mol. The molecule has 116 valence electrons. The summed E-state index contributed by atoms with van der Waals surface area (Å²) < 4.78 is 5.01. The zero-order chi connectivity index (χ0) is 16.1. The van der Waals surface area contributed by atoms with Gasteiger partial charge in [0.05, 0.1) is 6.26 Å². The lowest BCUT2D eigenvalue weighted by Gasteiger charge is -2.22. The highest BCUT2D eigenvalue weighted by Crippen LogP contribution is 2.07. The number of likely N-dealkylation sites (N-methyl/N-ethyl adjacent to an activating group) is 1. The molecule has 0 fully saturated rings. The van der Waals surface area contributed by atoms with Crippen molar-refractivity contribution in [2.45, 2.75) is 26.4 Å². The number of carbonyl (C=O) groups is 2. The third-order valence-corrected chi connectivity index (χ3v) is 3.38. The Morgan fingerprint density at radius 3 is 2.50 bits per heavy atom. The van der Waals surface area contributed by atoms with E-state index >= 15 is 0 Å². The van der Waals surface area contributed by atoms with E-state index < -0.39 is 11.9 Å². The van der Waals surface area contributed by atoms with E-state index in [0.717, 1.165) is 5.56 Å². The van der Waals surface area contributed by atoms with Gasteiger partial charge in [-0.25, -0.2) is 0 Å². The first kappa shape index (κ1) is 15.8. The first-order chi connectivity index (χ1) is 10.5. The van der Waals surface area contributed by atoms with Crippen LogP contribution in [-0.4, -0.2) is 29.8 Å². The van der Waals surface area contributed by atoms with Gasteiger partial charge in [0.2, 0.25) is 5.91 Å². The molecule has 0 saturated carbocycles. The molecule has 1 aromatic heterocycles. The Balaban J connectivity index is 1.92. The summed E-state index contributed by atoms with van der Waals surface area (Å²) in [5.74, 6) is -0.351. The van der Waals surface area contributed by atoms with Gasteiger partial charge in [0, 0.05) is 13.6 Å². The SMILES string of the molecule is Cc1ccc(CN(C)C(=O)C(C)NC(=O)c2ccco2)cc1. The van der Waals surface area contributed by atoms with Gasteiger partial charge in [0.1, 0.15) is 6.04 Å². The minimum absolute atomic E-state index is 0.152. The molecule has 0 aliphatic heterocycles. The Morgan fingerprint density at radius 1 is 1.23 bits per heavy atom. The predicted octanol–water partition coefficient (Wildman–Crippen LogP) is 2.36. The Labute approximate surface area is 129 Å². The van der Waals surface area contributed by atoms with Crippen LogP contribution in [0.3, 0.4) is 0 Å². The van der Waals surface area contributed by atoms with Gasteiger partial charge in [0.15, 0.2) is 5.76 Å². The summed E-state index contributed by atoms with van der Waals surface area (Å²) in [6.45, 7) is 4.18. The topological polar surface area (TPSA) is 62.6 Å². The summed E-state index contributed by atoms with van der Waals surface area (Å²) in [5.41, 5.74) is 2.22. The van der Waals surface area contributed by atoms with Crippen LogP contribution < -0.4 is 5.32 Å². The van der Waals surface area contributed by atoms with Crippen LogP contribution in [0, 0.1) is 6.92 Å². The molecule has 0 aliphatic rings. The second kappa shape index (κ2) is 6.93. The normalized spacial score (nSPS) is 11.8. The van der Waals surface area contributed by atoms with Crippen molar-refractivity contribution < 1.29 is 14.0 Å². The lowest BCUT2D eigenvalue weighted by Crippen LogP contribution is -2.45. The van der Waals surface area contributed by atoms with Crippen LogP contribution in [0.15, 0.2) is 47.1 Å². The number of hydrogen-bond acceptors (Lipinski definition) is 3. The molecule has 1 aromatic carbocycles. The van der Waals surface area contributed by atoms with Gasteiger partial charge in [-0.1, -0.05) is 29.8 Å². The maximum Gasteiger partial charge on any atom is 0.287 e. The molecular formula is C17H20N2O3. The Kier molecular flexibility index (Phi) is 4.99. The van der Waals surface area contributed by atoms with Crippen molar-refractivity contribution in [1.29, 1.82) is 0 Å². The van der Waals surface area contributed by atoms with E-state index in [-0.39, 0.29) is 11.7 Å². The molecule has 1 N–H and O–H groups in total. The number of benzene rings is 1. The third-order valence-electron chi connectivity index (χ3n) is 3.38. The predicted molar refractivity (Wildman–Crippen MR) is 83.3 cm³/mol. The Morgan fingerprint density at radius 2 is 1.91 bits per heavy atom. The van der Waals surface area contributed by atoms with Crippen molar-refractivity contribution in [2.75, 3.05) is 7.05 Å². The molecule has 0 spiro atoms. The van der Waals surface area contributed by atoms with Crippen LogP contribution in [0.25, 0.3) is 0 Å². The molecule has 2 amide bonds. The highest BCUT2D eigenvalue weighted by Gasteiger charge is 2.21. The highest BCUT2D eigenvalue weighted by atomic mass is 16.3. The van der Waals surface area contributed by atoms with Crippen molar-refractivity contribution in [2.24, 2.45) is 0 Å². The van der Waals surface area contributed by atoms with E-state index in [9.17, 15) is 9.59 Å². The van der Waals surface area contributed by atoms with Crippen molar-refractivity contribution in [1.82, 2.24) is 10.2 Å². The van der Waals surface area contributed by atoms with Crippen molar-refractivity contribution in [3.05, 3.63) is 59.5 Å². The second-order valence-corrected chi connectivity index (χ2v) is 5.35. The molecule has 0 radical (unpaired) electrons. The first-order valence-corrected chi connectivity index (χ1v) is 7.12. The molecule has 2 aromatic rings. The lowest BCUT2D eigenvalue weighted by atomic mass is 10.1. The third kappa shape index (κ3) is 3.97. The lowest BCUT2D eigenvalue weighted by molar-refractivity contribution is -0.132. The average molecular weight is 300 g/mol. The fourth-order valence-corrected chi connectivity index (χ4v) is 2.11. The second-order valence-electron chi connectivity index (χ2n) is 5.35. The van der Waals surface area contributed by atoms with Crippen molar-refractivity contribution in [3.63, 3.8) is 0 Å². The molecule has 0 aliphatic carbocycles. The smallest absolute Gasteiger partial charge is 0.287 e. The van der Waals surface area contributed by atoms with Gasteiger partial charge < -0.3 is 14.6 Å².